The summed E-state index contributed by atoms with van der Waals surface area (Å²) < 4.78 is 31.9. The number of sulfonamides is 1. The smallest absolute Gasteiger partial charge is 0.233 e. The van der Waals surface area contributed by atoms with Crippen LogP contribution in [0.15, 0.2) is 47.9 Å². The van der Waals surface area contributed by atoms with Crippen molar-refractivity contribution in [3.05, 3.63) is 70.1 Å². The van der Waals surface area contributed by atoms with Gasteiger partial charge in [-0.15, -0.1) is 0 Å². The molecule has 1 atom stereocenters. The number of benzene rings is 2. The quantitative estimate of drug-likeness (QED) is 0.656. The summed E-state index contributed by atoms with van der Waals surface area (Å²) >= 11 is 0. The fourth-order valence-electron chi connectivity index (χ4n) is 2.78. The Hall–Kier alpha value is -2.64. The van der Waals surface area contributed by atoms with E-state index in [1.807, 2.05) is 63.2 Å². The Morgan fingerprint density at radius 3 is 2.41 bits per heavy atom. The zero-order chi connectivity index (χ0) is 21.4. The highest BCUT2D eigenvalue weighted by Gasteiger charge is 2.15. The van der Waals surface area contributed by atoms with Crippen molar-refractivity contribution in [3.8, 4) is 5.75 Å². The predicted octanol–water partition coefficient (Wildman–Crippen LogP) is 3.47. The number of methoxy groups -OCH3 is 1. The summed E-state index contributed by atoms with van der Waals surface area (Å²) in [5.74, 6) is 0.455. The van der Waals surface area contributed by atoms with Crippen molar-refractivity contribution in [1.82, 2.24) is 10.0 Å². The molecule has 0 radical (unpaired) electrons. The molecule has 29 heavy (non-hydrogen) atoms. The molecule has 1 amide bonds. The molecule has 2 rings (SSSR count). The van der Waals surface area contributed by atoms with Gasteiger partial charge in [0.1, 0.15) is 5.75 Å². The maximum Gasteiger partial charge on any atom is 0.233 e. The molecule has 0 aliphatic rings. The average molecular weight is 417 g/mol. The van der Waals surface area contributed by atoms with Gasteiger partial charge < -0.3 is 10.1 Å². The van der Waals surface area contributed by atoms with E-state index in [1.165, 1.54) is 6.08 Å². The summed E-state index contributed by atoms with van der Waals surface area (Å²) in [5.41, 5.74) is 3.84. The van der Waals surface area contributed by atoms with Gasteiger partial charge >= 0.3 is 0 Å². The molecular weight excluding hydrogens is 388 g/mol. The summed E-state index contributed by atoms with van der Waals surface area (Å²) in [6.45, 7) is 5.82. The highest BCUT2D eigenvalue weighted by molar-refractivity contribution is 7.92. The van der Waals surface area contributed by atoms with E-state index in [0.29, 0.717) is 5.75 Å². The van der Waals surface area contributed by atoms with Gasteiger partial charge in [-0.2, -0.15) is 0 Å². The second kappa shape index (κ2) is 10.2. The minimum atomic E-state index is -3.61. The minimum absolute atomic E-state index is 0.0179. The van der Waals surface area contributed by atoms with E-state index in [9.17, 15) is 13.2 Å². The van der Waals surface area contributed by atoms with Gasteiger partial charge in [-0.25, -0.2) is 13.1 Å². The summed E-state index contributed by atoms with van der Waals surface area (Å²) in [5, 5.41) is 3.98. The SMILES string of the molecule is COc1ccc(C)cc1[C@H](C)NC(=O)CCNS(=O)(=O)/C=C/c1ccc(C)cc1. The summed E-state index contributed by atoms with van der Waals surface area (Å²) in [6.07, 6.45) is 1.56. The molecule has 0 fully saturated rings. The molecule has 2 aromatic rings. The summed E-state index contributed by atoms with van der Waals surface area (Å²) in [4.78, 5) is 12.2. The molecule has 2 N–H and O–H groups in total. The molecule has 0 spiro atoms. The number of aryl methyl sites for hydroxylation is 2. The highest BCUT2D eigenvalue weighted by atomic mass is 32.2. The van der Waals surface area contributed by atoms with Crippen molar-refractivity contribution in [2.75, 3.05) is 13.7 Å². The fourth-order valence-corrected chi connectivity index (χ4v) is 3.60. The minimum Gasteiger partial charge on any atom is -0.496 e. The highest BCUT2D eigenvalue weighted by Crippen LogP contribution is 2.26. The number of nitrogens with one attached hydrogen (secondary N) is 2. The van der Waals surface area contributed by atoms with E-state index < -0.39 is 10.0 Å². The monoisotopic (exact) mass is 416 g/mol. The van der Waals surface area contributed by atoms with Crippen LogP contribution < -0.4 is 14.8 Å². The molecule has 0 aliphatic carbocycles. The molecular formula is C22H28N2O4S. The van der Waals surface area contributed by atoms with E-state index in [1.54, 1.807) is 7.11 Å². The normalized spacial score (nSPS) is 12.7. The second-order valence-electron chi connectivity index (χ2n) is 6.94. The van der Waals surface area contributed by atoms with Crippen molar-refractivity contribution in [2.45, 2.75) is 33.2 Å². The van der Waals surface area contributed by atoms with Gasteiger partial charge in [-0.05, 0) is 38.5 Å². The Morgan fingerprint density at radius 2 is 1.76 bits per heavy atom. The van der Waals surface area contributed by atoms with Crippen molar-refractivity contribution in [2.24, 2.45) is 0 Å². The molecule has 0 saturated carbocycles. The van der Waals surface area contributed by atoms with Gasteiger partial charge in [-0.1, -0.05) is 47.5 Å². The van der Waals surface area contributed by atoms with Crippen molar-refractivity contribution < 1.29 is 17.9 Å². The number of carbonyl (C=O) groups is 1. The Kier molecular flexibility index (Phi) is 7.99. The van der Waals surface area contributed by atoms with Crippen LogP contribution in [0.1, 0.15) is 41.6 Å². The van der Waals surface area contributed by atoms with Crippen LogP contribution in [-0.4, -0.2) is 28.0 Å². The molecule has 0 aliphatic heterocycles. The Morgan fingerprint density at radius 1 is 1.10 bits per heavy atom. The second-order valence-corrected chi connectivity index (χ2v) is 8.59. The van der Waals surface area contributed by atoms with Crippen LogP contribution in [0.2, 0.25) is 0 Å². The number of carbonyl (C=O) groups excluding carboxylic acids is 1. The summed E-state index contributed by atoms with van der Waals surface area (Å²) in [7, 11) is -2.03. The van der Waals surface area contributed by atoms with Crippen LogP contribution in [0.3, 0.4) is 0 Å². The maximum absolute atomic E-state index is 12.2. The lowest BCUT2D eigenvalue weighted by Crippen LogP contribution is -2.31. The molecule has 156 valence electrons. The number of rotatable bonds is 9. The molecule has 7 heteroatoms. The van der Waals surface area contributed by atoms with Crippen molar-refractivity contribution in [3.63, 3.8) is 0 Å². The number of hydrogen-bond donors (Lipinski definition) is 2. The Balaban J connectivity index is 1.85. The molecule has 2 aromatic carbocycles. The Labute approximate surface area is 173 Å². The first-order valence-electron chi connectivity index (χ1n) is 9.38. The maximum atomic E-state index is 12.2. The van der Waals surface area contributed by atoms with Crippen molar-refractivity contribution in [1.29, 1.82) is 0 Å². The third-order valence-corrected chi connectivity index (χ3v) is 5.50. The molecule has 0 heterocycles. The van der Waals surface area contributed by atoms with Gasteiger partial charge in [0.2, 0.25) is 15.9 Å². The molecule has 0 bridgehead atoms. The van der Waals surface area contributed by atoms with E-state index in [0.717, 1.165) is 27.7 Å². The molecule has 6 nitrogen and oxygen atoms in total. The zero-order valence-electron chi connectivity index (χ0n) is 17.2. The lowest BCUT2D eigenvalue weighted by atomic mass is 10.0. The fraction of sp³-hybridized carbons (Fsp3) is 0.318. The summed E-state index contributed by atoms with van der Waals surface area (Å²) in [6, 6.07) is 13.0. The largest absolute Gasteiger partial charge is 0.496 e. The van der Waals surface area contributed by atoms with Gasteiger partial charge in [0, 0.05) is 23.9 Å². The Bertz CT molecular complexity index is 967. The first kappa shape index (κ1) is 22.6. The van der Waals surface area contributed by atoms with Gasteiger partial charge in [0.05, 0.1) is 13.2 Å². The molecule has 0 unspecified atom stereocenters. The topological polar surface area (TPSA) is 84.5 Å². The third-order valence-electron chi connectivity index (χ3n) is 4.40. The lowest BCUT2D eigenvalue weighted by molar-refractivity contribution is -0.121. The zero-order valence-corrected chi connectivity index (χ0v) is 18.0. The first-order chi connectivity index (χ1) is 13.7. The first-order valence-corrected chi connectivity index (χ1v) is 10.9. The number of ether oxygens (including phenoxy) is 1. The average Bonchev–Trinajstić information content (AvgIpc) is 2.67. The number of hydrogen-bond acceptors (Lipinski definition) is 4. The molecule has 0 aromatic heterocycles. The van der Waals surface area contributed by atoms with Crippen LogP contribution in [0.4, 0.5) is 0 Å². The predicted molar refractivity (Wildman–Crippen MR) is 116 cm³/mol. The van der Waals surface area contributed by atoms with Crippen LogP contribution in [0.5, 0.6) is 5.75 Å². The lowest BCUT2D eigenvalue weighted by Gasteiger charge is -2.18. The van der Waals surface area contributed by atoms with Gasteiger partial charge in [0.15, 0.2) is 0 Å². The van der Waals surface area contributed by atoms with Crippen molar-refractivity contribution >= 4 is 22.0 Å². The third kappa shape index (κ3) is 7.36. The number of amides is 1. The van der Waals surface area contributed by atoms with Crippen LogP contribution in [-0.2, 0) is 14.8 Å². The van der Waals surface area contributed by atoms with E-state index in [-0.39, 0.29) is 24.9 Å². The van der Waals surface area contributed by atoms with Gasteiger partial charge in [0.25, 0.3) is 0 Å². The van der Waals surface area contributed by atoms with E-state index >= 15 is 0 Å². The van der Waals surface area contributed by atoms with Crippen LogP contribution in [0, 0.1) is 13.8 Å². The molecule has 0 saturated heterocycles. The van der Waals surface area contributed by atoms with Crippen LogP contribution >= 0.6 is 0 Å². The standard InChI is InChI=1S/C22H28N2O4S/c1-16-5-8-19(9-6-16)12-14-29(26,27)23-13-11-22(25)24-18(3)20-15-17(2)7-10-21(20)28-4/h5-10,12,14-15,18,23H,11,13H2,1-4H3,(H,24,25)/b14-12+/t18-/m0/s1. The van der Waals surface area contributed by atoms with E-state index in [4.69, 9.17) is 4.74 Å². The van der Waals surface area contributed by atoms with Gasteiger partial charge in [-0.3, -0.25) is 4.79 Å². The van der Waals surface area contributed by atoms with E-state index in [2.05, 4.69) is 10.0 Å². The van der Waals surface area contributed by atoms with Crippen LogP contribution in [0.25, 0.3) is 6.08 Å².